The second-order valence-electron chi connectivity index (χ2n) is 6.96. The summed E-state index contributed by atoms with van der Waals surface area (Å²) in [5.74, 6) is 1.38. The summed E-state index contributed by atoms with van der Waals surface area (Å²) in [6.07, 6.45) is 4.61. The van der Waals surface area contributed by atoms with E-state index in [1.807, 2.05) is 10.7 Å². The third-order valence-corrected chi connectivity index (χ3v) is 3.76. The minimum absolute atomic E-state index is 0.0258. The van der Waals surface area contributed by atoms with Crippen molar-refractivity contribution < 1.29 is 0 Å². The minimum atomic E-state index is 0.0258. The van der Waals surface area contributed by atoms with Gasteiger partial charge in [0.2, 0.25) is 0 Å². The molecule has 0 saturated carbocycles. The Balaban J connectivity index is 2.37. The van der Waals surface area contributed by atoms with E-state index in [1.165, 1.54) is 0 Å². The van der Waals surface area contributed by atoms with Crippen molar-refractivity contribution in [2.45, 2.75) is 52.5 Å². The van der Waals surface area contributed by atoms with Crippen LogP contribution >= 0.6 is 0 Å². The summed E-state index contributed by atoms with van der Waals surface area (Å²) in [6, 6.07) is 2.44. The third kappa shape index (κ3) is 3.53. The van der Waals surface area contributed by atoms with E-state index >= 15 is 0 Å². The van der Waals surface area contributed by atoms with Gasteiger partial charge in [0.1, 0.15) is 5.52 Å². The van der Waals surface area contributed by atoms with Crippen LogP contribution in [-0.4, -0.2) is 27.2 Å². The number of rotatable bonds is 5. The van der Waals surface area contributed by atoms with E-state index in [9.17, 15) is 0 Å². The maximum Gasteiger partial charge on any atom is 0.152 e. The van der Waals surface area contributed by atoms with Gasteiger partial charge < -0.3 is 11.1 Å². The molecule has 0 aliphatic carbocycles. The van der Waals surface area contributed by atoms with Crippen LogP contribution in [-0.2, 0) is 5.41 Å². The van der Waals surface area contributed by atoms with Crippen LogP contribution < -0.4 is 11.1 Å². The Labute approximate surface area is 126 Å². The molecule has 0 aliphatic rings. The molecule has 3 N–H and O–H groups in total. The quantitative estimate of drug-likeness (QED) is 0.888. The number of nitrogens with one attached hydrogen (secondary N) is 1. The second kappa shape index (κ2) is 6.02. The zero-order chi connectivity index (χ0) is 15.6. The first-order valence-electron chi connectivity index (χ1n) is 7.64. The van der Waals surface area contributed by atoms with E-state index in [1.54, 1.807) is 6.20 Å². The van der Waals surface area contributed by atoms with Gasteiger partial charge in [-0.15, -0.1) is 0 Å². The van der Waals surface area contributed by atoms with Crippen molar-refractivity contribution in [3.05, 3.63) is 24.2 Å². The van der Waals surface area contributed by atoms with Gasteiger partial charge in [0.15, 0.2) is 5.82 Å². The van der Waals surface area contributed by atoms with Crippen molar-refractivity contribution in [2.24, 2.45) is 11.7 Å². The monoisotopic (exact) mass is 289 g/mol. The zero-order valence-electron chi connectivity index (χ0n) is 13.7. The predicted molar refractivity (Wildman–Crippen MR) is 87.6 cm³/mol. The first-order valence-corrected chi connectivity index (χ1v) is 7.64. The van der Waals surface area contributed by atoms with Crippen molar-refractivity contribution in [3.8, 4) is 0 Å². The fourth-order valence-corrected chi connectivity index (χ4v) is 2.33. The Kier molecular flexibility index (Phi) is 4.52. The predicted octanol–water partition coefficient (Wildman–Crippen LogP) is 2.81. The van der Waals surface area contributed by atoms with Crippen LogP contribution in [0.5, 0.6) is 0 Å². The van der Waals surface area contributed by atoms with E-state index in [2.05, 4.69) is 56.1 Å². The first kappa shape index (κ1) is 15.8. The topological polar surface area (TPSA) is 68.2 Å². The lowest BCUT2D eigenvalue weighted by atomic mass is 9.92. The lowest BCUT2D eigenvalue weighted by Gasteiger charge is -2.22. The molecule has 5 heteroatoms. The van der Waals surface area contributed by atoms with Gasteiger partial charge in [-0.05, 0) is 24.9 Å². The van der Waals surface area contributed by atoms with Gasteiger partial charge in [-0.3, -0.25) is 0 Å². The molecule has 0 aromatic carbocycles. The molecular formula is C16H27N5. The van der Waals surface area contributed by atoms with Crippen molar-refractivity contribution in [1.29, 1.82) is 0 Å². The van der Waals surface area contributed by atoms with Crippen molar-refractivity contribution >= 4 is 11.3 Å². The molecule has 0 fully saturated rings. The lowest BCUT2D eigenvalue weighted by molar-refractivity contribution is 0.497. The summed E-state index contributed by atoms with van der Waals surface area (Å²) in [7, 11) is 0. The molecule has 1 atom stereocenters. The molecule has 1 unspecified atom stereocenters. The number of nitrogens with zero attached hydrogens (tertiary/aromatic N) is 3. The number of hydrogen-bond acceptors (Lipinski definition) is 4. The molecule has 0 aliphatic heterocycles. The summed E-state index contributed by atoms with van der Waals surface area (Å²) < 4.78 is 1.90. The molecule has 0 saturated heterocycles. The molecule has 5 nitrogen and oxygen atoms in total. The highest BCUT2D eigenvalue weighted by Crippen LogP contribution is 2.25. The summed E-state index contributed by atoms with van der Waals surface area (Å²) in [5.41, 5.74) is 7.83. The maximum atomic E-state index is 5.72. The maximum absolute atomic E-state index is 5.72. The summed E-state index contributed by atoms with van der Waals surface area (Å²) in [6.45, 7) is 11.6. The highest BCUT2D eigenvalue weighted by molar-refractivity contribution is 5.68. The summed E-state index contributed by atoms with van der Waals surface area (Å²) in [5, 5.41) is 8.19. The lowest BCUT2D eigenvalue weighted by Crippen LogP contribution is -2.29. The molecule has 0 bridgehead atoms. The fraction of sp³-hybridized carbons (Fsp3) is 0.625. The van der Waals surface area contributed by atoms with Gasteiger partial charge >= 0.3 is 0 Å². The van der Waals surface area contributed by atoms with Gasteiger partial charge in [-0.25, -0.2) is 9.50 Å². The van der Waals surface area contributed by atoms with E-state index in [0.717, 1.165) is 23.4 Å². The second-order valence-corrected chi connectivity index (χ2v) is 6.96. The van der Waals surface area contributed by atoms with Crippen LogP contribution in [0.3, 0.4) is 0 Å². The minimum Gasteiger partial charge on any atom is -0.365 e. The first-order chi connectivity index (χ1) is 9.82. The van der Waals surface area contributed by atoms with Gasteiger partial charge in [-0.2, -0.15) is 5.10 Å². The SMILES string of the molecule is CC(C)C(CCN)Nc1nccn2nc(C(C)(C)C)cc12. The van der Waals surface area contributed by atoms with Crippen LogP contribution in [0.2, 0.25) is 0 Å². The number of hydrogen-bond donors (Lipinski definition) is 2. The van der Waals surface area contributed by atoms with E-state index in [4.69, 9.17) is 5.73 Å². The van der Waals surface area contributed by atoms with Crippen molar-refractivity contribution in [2.75, 3.05) is 11.9 Å². The highest BCUT2D eigenvalue weighted by Gasteiger charge is 2.20. The van der Waals surface area contributed by atoms with Gasteiger partial charge in [-0.1, -0.05) is 34.6 Å². The van der Waals surface area contributed by atoms with Crippen molar-refractivity contribution in [3.63, 3.8) is 0 Å². The smallest absolute Gasteiger partial charge is 0.152 e. The molecule has 0 spiro atoms. The molecule has 2 rings (SSSR count). The van der Waals surface area contributed by atoms with Crippen molar-refractivity contribution in [1.82, 2.24) is 14.6 Å². The molecular weight excluding hydrogens is 262 g/mol. The summed E-state index contributed by atoms with van der Waals surface area (Å²) >= 11 is 0. The molecule has 2 heterocycles. The normalized spacial score (nSPS) is 13.9. The fourth-order valence-electron chi connectivity index (χ4n) is 2.33. The highest BCUT2D eigenvalue weighted by atomic mass is 15.2. The van der Waals surface area contributed by atoms with E-state index < -0.39 is 0 Å². The molecule has 0 radical (unpaired) electrons. The van der Waals surface area contributed by atoms with Gasteiger partial charge in [0.25, 0.3) is 0 Å². The third-order valence-electron chi connectivity index (χ3n) is 3.76. The largest absolute Gasteiger partial charge is 0.365 e. The summed E-state index contributed by atoms with van der Waals surface area (Å²) in [4.78, 5) is 4.49. The molecule has 21 heavy (non-hydrogen) atoms. The number of nitrogens with two attached hydrogens (primary N) is 1. The van der Waals surface area contributed by atoms with E-state index in [0.29, 0.717) is 18.5 Å². The molecule has 2 aromatic rings. The molecule has 2 aromatic heterocycles. The zero-order valence-corrected chi connectivity index (χ0v) is 13.7. The van der Waals surface area contributed by atoms with Gasteiger partial charge in [0.05, 0.1) is 5.69 Å². The Morgan fingerprint density at radius 2 is 2.05 bits per heavy atom. The molecule has 0 amide bonds. The van der Waals surface area contributed by atoms with Crippen LogP contribution in [0.15, 0.2) is 18.5 Å². The Bertz CT molecular complexity index is 594. The van der Waals surface area contributed by atoms with E-state index in [-0.39, 0.29) is 5.41 Å². The average Bonchev–Trinajstić information content (AvgIpc) is 2.83. The number of anilines is 1. The number of aromatic nitrogens is 3. The number of fused-ring (bicyclic) bond motifs is 1. The van der Waals surface area contributed by atoms with Crippen LogP contribution in [0, 0.1) is 5.92 Å². The Morgan fingerprint density at radius 3 is 2.62 bits per heavy atom. The molecule has 116 valence electrons. The Morgan fingerprint density at radius 1 is 1.33 bits per heavy atom. The Hall–Kier alpha value is -1.62. The van der Waals surface area contributed by atoms with Crippen LogP contribution in [0.1, 0.15) is 46.7 Å². The van der Waals surface area contributed by atoms with Crippen LogP contribution in [0.4, 0.5) is 5.82 Å². The average molecular weight is 289 g/mol. The van der Waals surface area contributed by atoms with Gasteiger partial charge in [0, 0.05) is 23.9 Å². The standard InChI is InChI=1S/C16H27N5/c1-11(2)12(6-7-17)19-15-13-10-14(16(3,4)5)20-21(13)9-8-18-15/h8-12H,6-7,17H2,1-5H3,(H,18,19). The van der Waals surface area contributed by atoms with Crippen LogP contribution in [0.25, 0.3) is 5.52 Å².